The number of halogens is 1. The molecule has 1 fully saturated rings. The lowest BCUT2D eigenvalue weighted by atomic mass is 9.78. The number of rotatable bonds is 5. The highest BCUT2D eigenvalue weighted by atomic mass is 35.5. The lowest BCUT2D eigenvalue weighted by Crippen LogP contribution is -2.32. The summed E-state index contributed by atoms with van der Waals surface area (Å²) < 4.78 is 0. The van der Waals surface area contributed by atoms with Gasteiger partial charge < -0.3 is 5.32 Å². The van der Waals surface area contributed by atoms with Crippen LogP contribution in [-0.2, 0) is 0 Å². The molecule has 0 aliphatic heterocycles. The molecule has 0 aromatic carbocycles. The molecule has 1 aromatic rings. The van der Waals surface area contributed by atoms with Crippen LogP contribution in [0.1, 0.15) is 57.7 Å². The Morgan fingerprint density at radius 3 is 2.74 bits per heavy atom. The van der Waals surface area contributed by atoms with E-state index in [1.165, 1.54) is 25.7 Å². The lowest BCUT2D eigenvalue weighted by Gasteiger charge is -2.33. The molecule has 106 valence electrons. The quantitative estimate of drug-likeness (QED) is 0.852. The summed E-state index contributed by atoms with van der Waals surface area (Å²) in [5.74, 6) is 1.55. The van der Waals surface area contributed by atoms with Crippen LogP contribution in [0.5, 0.6) is 0 Å². The predicted molar refractivity (Wildman–Crippen MR) is 81.4 cm³/mol. The molecular weight excluding hydrogens is 256 g/mol. The molecule has 1 aliphatic carbocycles. The van der Waals surface area contributed by atoms with Gasteiger partial charge in [-0.15, -0.1) is 0 Å². The third-order valence-corrected chi connectivity index (χ3v) is 4.55. The van der Waals surface area contributed by atoms with Crippen molar-refractivity contribution in [3.63, 3.8) is 0 Å². The highest BCUT2D eigenvalue weighted by Crippen LogP contribution is 2.37. The molecule has 1 heterocycles. The maximum absolute atomic E-state index is 6.34. The van der Waals surface area contributed by atoms with Crippen molar-refractivity contribution in [2.24, 2.45) is 11.8 Å². The Morgan fingerprint density at radius 2 is 2.11 bits per heavy atom. The predicted octanol–water partition coefficient (Wildman–Crippen LogP) is 4.60. The van der Waals surface area contributed by atoms with Gasteiger partial charge in [0.1, 0.15) is 0 Å². The maximum Gasteiger partial charge on any atom is 0.0761 e. The average molecular weight is 281 g/mol. The number of nitrogens with one attached hydrogen (secondary N) is 1. The topological polar surface area (TPSA) is 24.9 Å². The second-order valence-electron chi connectivity index (χ2n) is 5.82. The largest absolute Gasteiger partial charge is 0.308 e. The van der Waals surface area contributed by atoms with Crippen molar-refractivity contribution in [2.45, 2.75) is 52.0 Å². The summed E-state index contributed by atoms with van der Waals surface area (Å²) in [4.78, 5) is 4.53. The van der Waals surface area contributed by atoms with Gasteiger partial charge in [-0.05, 0) is 49.8 Å². The van der Waals surface area contributed by atoms with E-state index in [2.05, 4.69) is 24.1 Å². The molecule has 2 rings (SSSR count). The number of pyridine rings is 1. The van der Waals surface area contributed by atoms with Crippen molar-refractivity contribution in [1.29, 1.82) is 0 Å². The van der Waals surface area contributed by atoms with E-state index in [4.69, 9.17) is 11.6 Å². The van der Waals surface area contributed by atoms with E-state index >= 15 is 0 Å². The summed E-state index contributed by atoms with van der Waals surface area (Å²) in [5.41, 5.74) is 1.04. The van der Waals surface area contributed by atoms with Crippen LogP contribution in [-0.4, -0.2) is 11.5 Å². The van der Waals surface area contributed by atoms with Gasteiger partial charge in [-0.1, -0.05) is 38.3 Å². The Labute approximate surface area is 122 Å². The standard InChI is InChI=1S/C16H25ClN2/c1-3-10-18-15(13-8-6-12(2)7-9-13)16-14(17)5-4-11-19-16/h4-5,11-13,15,18H,3,6-10H2,1-2H3. The zero-order chi connectivity index (χ0) is 13.7. The third kappa shape index (κ3) is 3.93. The van der Waals surface area contributed by atoms with Crippen LogP contribution in [0.25, 0.3) is 0 Å². The number of hydrogen-bond donors (Lipinski definition) is 1. The SMILES string of the molecule is CCCNC(c1ncccc1Cl)C1CCC(C)CC1. The Hall–Kier alpha value is -0.600. The molecule has 2 nitrogen and oxygen atoms in total. The molecular formula is C16H25ClN2. The first kappa shape index (κ1) is 14.8. The molecule has 0 spiro atoms. The van der Waals surface area contributed by atoms with E-state index in [-0.39, 0.29) is 0 Å². The second kappa shape index (κ2) is 7.25. The Bertz CT molecular complexity index is 386. The van der Waals surface area contributed by atoms with E-state index in [1.807, 2.05) is 18.3 Å². The normalized spacial score (nSPS) is 25.2. The fourth-order valence-corrected chi connectivity index (χ4v) is 3.27. The van der Waals surface area contributed by atoms with Crippen molar-refractivity contribution < 1.29 is 0 Å². The van der Waals surface area contributed by atoms with Crippen LogP contribution >= 0.6 is 11.6 Å². The van der Waals surface area contributed by atoms with Crippen molar-refractivity contribution in [1.82, 2.24) is 10.3 Å². The fourth-order valence-electron chi connectivity index (χ4n) is 3.03. The Balaban J connectivity index is 2.13. The monoisotopic (exact) mass is 280 g/mol. The molecule has 0 saturated heterocycles. The molecule has 0 radical (unpaired) electrons. The summed E-state index contributed by atoms with van der Waals surface area (Å²) in [7, 11) is 0. The molecule has 1 unspecified atom stereocenters. The zero-order valence-electron chi connectivity index (χ0n) is 12.0. The number of hydrogen-bond acceptors (Lipinski definition) is 2. The van der Waals surface area contributed by atoms with Gasteiger partial charge >= 0.3 is 0 Å². The highest BCUT2D eigenvalue weighted by Gasteiger charge is 2.28. The number of nitrogens with zero attached hydrogens (tertiary/aromatic N) is 1. The molecule has 0 bridgehead atoms. The van der Waals surface area contributed by atoms with E-state index in [9.17, 15) is 0 Å². The van der Waals surface area contributed by atoms with Crippen molar-refractivity contribution in [3.05, 3.63) is 29.0 Å². The van der Waals surface area contributed by atoms with E-state index in [0.717, 1.165) is 29.6 Å². The van der Waals surface area contributed by atoms with Crippen LogP contribution in [0.15, 0.2) is 18.3 Å². The van der Waals surface area contributed by atoms with Crippen molar-refractivity contribution in [2.75, 3.05) is 6.54 Å². The number of aromatic nitrogens is 1. The van der Waals surface area contributed by atoms with Crippen LogP contribution in [0, 0.1) is 11.8 Å². The van der Waals surface area contributed by atoms with Gasteiger partial charge in [0.2, 0.25) is 0 Å². The van der Waals surface area contributed by atoms with Crippen molar-refractivity contribution in [3.8, 4) is 0 Å². The first-order valence-corrected chi connectivity index (χ1v) is 7.94. The zero-order valence-corrected chi connectivity index (χ0v) is 12.8. The minimum atomic E-state index is 0.321. The van der Waals surface area contributed by atoms with Gasteiger partial charge in [0, 0.05) is 6.20 Å². The highest BCUT2D eigenvalue weighted by molar-refractivity contribution is 6.31. The van der Waals surface area contributed by atoms with Crippen LogP contribution in [0.4, 0.5) is 0 Å². The summed E-state index contributed by atoms with van der Waals surface area (Å²) in [6, 6.07) is 4.18. The van der Waals surface area contributed by atoms with Gasteiger partial charge in [0.25, 0.3) is 0 Å². The van der Waals surface area contributed by atoms with Gasteiger partial charge in [0.15, 0.2) is 0 Å². The summed E-state index contributed by atoms with van der Waals surface area (Å²) in [5, 5.41) is 4.46. The molecule has 0 amide bonds. The van der Waals surface area contributed by atoms with Crippen LogP contribution in [0.3, 0.4) is 0 Å². The third-order valence-electron chi connectivity index (χ3n) is 4.23. The molecule has 1 aliphatic rings. The molecule has 3 heteroatoms. The molecule has 19 heavy (non-hydrogen) atoms. The summed E-state index contributed by atoms with van der Waals surface area (Å²) in [6.07, 6.45) is 8.24. The van der Waals surface area contributed by atoms with E-state index in [1.54, 1.807) is 0 Å². The molecule has 1 aromatic heterocycles. The molecule has 1 saturated carbocycles. The maximum atomic E-state index is 6.34. The van der Waals surface area contributed by atoms with Crippen LogP contribution in [0.2, 0.25) is 5.02 Å². The first-order valence-electron chi connectivity index (χ1n) is 7.56. The lowest BCUT2D eigenvalue weighted by molar-refractivity contribution is 0.229. The van der Waals surface area contributed by atoms with Gasteiger partial charge in [-0.2, -0.15) is 0 Å². The first-order chi connectivity index (χ1) is 9.22. The van der Waals surface area contributed by atoms with Gasteiger partial charge in [-0.25, -0.2) is 0 Å². The fraction of sp³-hybridized carbons (Fsp3) is 0.688. The Morgan fingerprint density at radius 1 is 1.37 bits per heavy atom. The Kier molecular flexibility index (Phi) is 5.65. The minimum absolute atomic E-state index is 0.321. The summed E-state index contributed by atoms with van der Waals surface area (Å²) >= 11 is 6.34. The average Bonchev–Trinajstić information content (AvgIpc) is 2.43. The smallest absolute Gasteiger partial charge is 0.0761 e. The molecule has 1 N–H and O–H groups in total. The van der Waals surface area contributed by atoms with E-state index in [0.29, 0.717) is 12.0 Å². The van der Waals surface area contributed by atoms with Gasteiger partial charge in [-0.3, -0.25) is 4.98 Å². The molecule has 1 atom stereocenters. The van der Waals surface area contributed by atoms with Gasteiger partial charge in [0.05, 0.1) is 16.8 Å². The summed E-state index contributed by atoms with van der Waals surface area (Å²) in [6.45, 7) is 5.59. The minimum Gasteiger partial charge on any atom is -0.308 e. The van der Waals surface area contributed by atoms with Crippen LogP contribution < -0.4 is 5.32 Å². The van der Waals surface area contributed by atoms with E-state index < -0.39 is 0 Å². The second-order valence-corrected chi connectivity index (χ2v) is 6.23. The van der Waals surface area contributed by atoms with Crippen molar-refractivity contribution >= 4 is 11.6 Å².